The predicted octanol–water partition coefficient (Wildman–Crippen LogP) is 3.06. The maximum Gasteiger partial charge on any atom is 0.329 e. The van der Waals surface area contributed by atoms with E-state index in [1.54, 1.807) is 49.8 Å². The molecule has 0 atom stereocenters. The zero-order chi connectivity index (χ0) is 17.2. The van der Waals surface area contributed by atoms with E-state index in [1.807, 2.05) is 6.07 Å². The molecule has 3 N–H and O–H groups in total. The molecule has 124 valence electrons. The van der Waals surface area contributed by atoms with E-state index in [9.17, 15) is 4.57 Å². The molecule has 0 amide bonds. The fourth-order valence-corrected chi connectivity index (χ4v) is 3.02. The number of hydrogen-bond donors (Lipinski definition) is 3. The molecular formula is C16H16N3O4P. The van der Waals surface area contributed by atoms with Crippen molar-refractivity contribution in [2.24, 2.45) is 0 Å². The second-order valence-corrected chi connectivity index (χ2v) is 6.89. The van der Waals surface area contributed by atoms with Crippen LogP contribution < -0.4 is 10.1 Å². The number of pyridine rings is 2. The van der Waals surface area contributed by atoms with Crippen LogP contribution in [0.3, 0.4) is 0 Å². The Morgan fingerprint density at radius 3 is 2.58 bits per heavy atom. The van der Waals surface area contributed by atoms with Gasteiger partial charge in [0.25, 0.3) is 0 Å². The van der Waals surface area contributed by atoms with E-state index >= 15 is 0 Å². The average molecular weight is 345 g/mol. The Bertz CT molecular complexity index is 909. The largest absolute Gasteiger partial charge is 0.481 e. The number of ether oxygens (including phenoxy) is 1. The van der Waals surface area contributed by atoms with Crippen LogP contribution in [0, 0.1) is 0 Å². The minimum absolute atomic E-state index is 0.269. The number of aromatic nitrogens is 2. The highest BCUT2D eigenvalue weighted by Crippen LogP contribution is 2.39. The van der Waals surface area contributed by atoms with Gasteiger partial charge in [-0.2, -0.15) is 0 Å². The maximum absolute atomic E-state index is 11.0. The Morgan fingerprint density at radius 1 is 1.17 bits per heavy atom. The van der Waals surface area contributed by atoms with Crippen LogP contribution in [-0.2, 0) is 10.7 Å². The summed E-state index contributed by atoms with van der Waals surface area (Å²) in [6.45, 7) is 0. The van der Waals surface area contributed by atoms with Gasteiger partial charge in [-0.3, -0.25) is 9.55 Å². The van der Waals surface area contributed by atoms with Crippen molar-refractivity contribution in [2.45, 2.75) is 6.16 Å². The lowest BCUT2D eigenvalue weighted by molar-refractivity contribution is 0.371. The third-order valence-electron chi connectivity index (χ3n) is 3.43. The van der Waals surface area contributed by atoms with Crippen molar-refractivity contribution in [1.82, 2.24) is 9.97 Å². The van der Waals surface area contributed by atoms with Gasteiger partial charge in [-0.1, -0.05) is 12.1 Å². The van der Waals surface area contributed by atoms with Crippen molar-refractivity contribution in [2.75, 3.05) is 12.4 Å². The monoisotopic (exact) mass is 345 g/mol. The van der Waals surface area contributed by atoms with Gasteiger partial charge in [-0.25, -0.2) is 4.98 Å². The van der Waals surface area contributed by atoms with Gasteiger partial charge < -0.3 is 19.8 Å². The van der Waals surface area contributed by atoms with E-state index < -0.39 is 7.60 Å². The standard InChI is InChI=1S/C16H16N3O4P/c1-23-16-8-15-13(9-18-16)14(6-7-17-15)19-12-4-2-11(3-5-12)10-24(20,21)22/h2-9H,10H2,1H3,(H,17,19)(H2,20,21,22). The summed E-state index contributed by atoms with van der Waals surface area (Å²) >= 11 is 0. The molecule has 0 aliphatic heterocycles. The Balaban J connectivity index is 1.86. The minimum Gasteiger partial charge on any atom is -0.481 e. The minimum atomic E-state index is -4.06. The summed E-state index contributed by atoms with van der Waals surface area (Å²) in [6.07, 6.45) is 3.10. The Labute approximate surface area is 138 Å². The first kappa shape index (κ1) is 16.4. The molecule has 0 aliphatic carbocycles. The summed E-state index contributed by atoms with van der Waals surface area (Å²) in [6, 6.07) is 10.5. The van der Waals surface area contributed by atoms with E-state index in [-0.39, 0.29) is 6.16 Å². The molecule has 0 saturated heterocycles. The van der Waals surface area contributed by atoms with Gasteiger partial charge in [0.1, 0.15) is 0 Å². The lowest BCUT2D eigenvalue weighted by atomic mass is 10.2. The van der Waals surface area contributed by atoms with Crippen LogP contribution in [0.15, 0.2) is 48.8 Å². The molecule has 8 heteroatoms. The van der Waals surface area contributed by atoms with E-state index in [2.05, 4.69) is 15.3 Å². The fraction of sp³-hybridized carbons (Fsp3) is 0.125. The first-order valence-electron chi connectivity index (χ1n) is 7.14. The third-order valence-corrected chi connectivity index (χ3v) is 4.21. The van der Waals surface area contributed by atoms with Gasteiger partial charge in [0.05, 0.1) is 24.5 Å². The van der Waals surface area contributed by atoms with E-state index in [0.29, 0.717) is 11.4 Å². The molecular weight excluding hydrogens is 329 g/mol. The third kappa shape index (κ3) is 3.89. The predicted molar refractivity (Wildman–Crippen MR) is 91.6 cm³/mol. The lowest BCUT2D eigenvalue weighted by Gasteiger charge is -2.11. The molecule has 3 rings (SSSR count). The van der Waals surface area contributed by atoms with Crippen LogP contribution in [0.4, 0.5) is 11.4 Å². The van der Waals surface area contributed by atoms with Crippen LogP contribution in [0.5, 0.6) is 5.88 Å². The molecule has 0 bridgehead atoms. The number of nitrogens with zero attached hydrogens (tertiary/aromatic N) is 2. The van der Waals surface area contributed by atoms with Crippen molar-refractivity contribution < 1.29 is 19.1 Å². The molecule has 0 radical (unpaired) electrons. The normalized spacial score (nSPS) is 11.5. The highest BCUT2D eigenvalue weighted by atomic mass is 31.2. The summed E-state index contributed by atoms with van der Waals surface area (Å²) in [5.74, 6) is 0.494. The van der Waals surface area contributed by atoms with Crippen LogP contribution in [0.1, 0.15) is 5.56 Å². The molecule has 1 aromatic carbocycles. The van der Waals surface area contributed by atoms with Gasteiger partial charge in [0, 0.05) is 29.5 Å². The van der Waals surface area contributed by atoms with E-state index in [0.717, 1.165) is 22.3 Å². The molecule has 0 spiro atoms. The van der Waals surface area contributed by atoms with Crippen LogP contribution in [0.2, 0.25) is 0 Å². The number of rotatable bonds is 5. The first-order chi connectivity index (χ1) is 11.4. The first-order valence-corrected chi connectivity index (χ1v) is 8.94. The van der Waals surface area contributed by atoms with Crippen LogP contribution in [-0.4, -0.2) is 26.9 Å². The average Bonchev–Trinajstić information content (AvgIpc) is 2.55. The van der Waals surface area contributed by atoms with E-state index in [4.69, 9.17) is 14.5 Å². The van der Waals surface area contributed by atoms with Crippen molar-refractivity contribution in [3.05, 3.63) is 54.4 Å². The summed E-state index contributed by atoms with van der Waals surface area (Å²) in [5, 5.41) is 4.10. The highest BCUT2D eigenvalue weighted by Gasteiger charge is 2.13. The molecule has 2 aromatic heterocycles. The molecule has 0 unspecified atom stereocenters. The summed E-state index contributed by atoms with van der Waals surface area (Å²) in [5.41, 5.74) is 2.97. The Kier molecular flexibility index (Phi) is 4.49. The summed E-state index contributed by atoms with van der Waals surface area (Å²) in [4.78, 5) is 26.5. The molecule has 24 heavy (non-hydrogen) atoms. The molecule has 0 aliphatic rings. The molecule has 7 nitrogen and oxygen atoms in total. The van der Waals surface area contributed by atoms with Crippen molar-refractivity contribution in [1.29, 1.82) is 0 Å². The van der Waals surface area contributed by atoms with Crippen molar-refractivity contribution >= 4 is 29.9 Å². The molecule has 0 saturated carbocycles. The Hall–Kier alpha value is -2.47. The zero-order valence-corrected chi connectivity index (χ0v) is 13.8. The summed E-state index contributed by atoms with van der Waals surface area (Å²) < 4.78 is 16.1. The molecule has 0 fully saturated rings. The van der Waals surface area contributed by atoms with Gasteiger partial charge in [-0.15, -0.1) is 0 Å². The number of anilines is 2. The second-order valence-electron chi connectivity index (χ2n) is 5.25. The van der Waals surface area contributed by atoms with Gasteiger partial charge in [0.15, 0.2) is 0 Å². The van der Waals surface area contributed by atoms with Gasteiger partial charge in [0.2, 0.25) is 5.88 Å². The van der Waals surface area contributed by atoms with Gasteiger partial charge >= 0.3 is 7.60 Å². The quantitative estimate of drug-likeness (QED) is 0.610. The fourth-order valence-electron chi connectivity index (χ4n) is 2.33. The lowest BCUT2D eigenvalue weighted by Crippen LogP contribution is -1.95. The van der Waals surface area contributed by atoms with Crippen LogP contribution in [0.25, 0.3) is 10.9 Å². The van der Waals surface area contributed by atoms with Crippen LogP contribution >= 0.6 is 7.60 Å². The molecule has 3 aromatic rings. The topological polar surface area (TPSA) is 105 Å². The summed E-state index contributed by atoms with van der Waals surface area (Å²) in [7, 11) is -2.51. The Morgan fingerprint density at radius 2 is 1.92 bits per heavy atom. The number of hydrogen-bond acceptors (Lipinski definition) is 5. The van der Waals surface area contributed by atoms with E-state index in [1.165, 1.54) is 0 Å². The smallest absolute Gasteiger partial charge is 0.329 e. The maximum atomic E-state index is 11.0. The highest BCUT2D eigenvalue weighted by molar-refractivity contribution is 7.50. The number of fused-ring (bicyclic) bond motifs is 1. The second kappa shape index (κ2) is 6.57. The molecule has 2 heterocycles. The zero-order valence-electron chi connectivity index (χ0n) is 12.9. The van der Waals surface area contributed by atoms with Crippen molar-refractivity contribution in [3.63, 3.8) is 0 Å². The number of methoxy groups -OCH3 is 1. The number of nitrogens with one attached hydrogen (secondary N) is 1. The van der Waals surface area contributed by atoms with Gasteiger partial charge in [-0.05, 0) is 23.8 Å². The van der Waals surface area contributed by atoms with Crippen molar-refractivity contribution in [3.8, 4) is 5.88 Å². The SMILES string of the molecule is COc1cc2nccc(Nc3ccc(CP(=O)(O)O)cc3)c2cn1. The number of benzene rings is 1.